The highest BCUT2D eigenvalue weighted by molar-refractivity contribution is 5.95. The Morgan fingerprint density at radius 1 is 1.03 bits per heavy atom. The molecule has 3 N–H and O–H groups in total. The van der Waals surface area contributed by atoms with Gasteiger partial charge >= 0.3 is 6.03 Å². The average Bonchev–Trinajstić information content (AvgIpc) is 2.75. The summed E-state index contributed by atoms with van der Waals surface area (Å²) in [4.78, 5) is 37.7. The number of benzene rings is 2. The molecule has 0 bridgehead atoms. The lowest BCUT2D eigenvalue weighted by Crippen LogP contribution is -2.50. The predicted molar refractivity (Wildman–Crippen MR) is 102 cm³/mol. The maximum absolute atomic E-state index is 13.3. The van der Waals surface area contributed by atoms with Crippen LogP contribution in [0.15, 0.2) is 36.4 Å². The van der Waals surface area contributed by atoms with Gasteiger partial charge in [0.15, 0.2) is 11.6 Å². The number of hydrogen-bond acceptors (Lipinski definition) is 6. The summed E-state index contributed by atoms with van der Waals surface area (Å²) in [6, 6.07) is 6.31. The molecule has 2 aromatic rings. The summed E-state index contributed by atoms with van der Waals surface area (Å²) < 4.78 is 26.3. The average molecular weight is 421 g/mol. The van der Waals surface area contributed by atoms with Crippen molar-refractivity contribution in [2.75, 3.05) is 36.4 Å². The number of hydrogen-bond donors (Lipinski definition) is 3. The lowest BCUT2D eigenvalue weighted by molar-refractivity contribution is -0.384. The molecular weight excluding hydrogens is 404 g/mol. The molecular formula is C18H17F2N5O5. The smallest absolute Gasteiger partial charge is 0.321 e. The van der Waals surface area contributed by atoms with Gasteiger partial charge in [-0.05, 0) is 24.3 Å². The Bertz CT molecular complexity index is 995. The lowest BCUT2D eigenvalue weighted by Gasteiger charge is -2.35. The molecule has 3 rings (SSSR count). The van der Waals surface area contributed by atoms with Gasteiger partial charge in [-0.3, -0.25) is 20.1 Å². The molecule has 0 unspecified atom stereocenters. The van der Waals surface area contributed by atoms with E-state index < -0.39 is 28.5 Å². The number of carbonyl (C=O) groups is 2. The minimum atomic E-state index is -1.08. The normalized spacial score (nSPS) is 13.7. The van der Waals surface area contributed by atoms with E-state index in [0.29, 0.717) is 0 Å². The van der Waals surface area contributed by atoms with Crippen LogP contribution in [0, 0.1) is 21.7 Å². The molecule has 1 aliphatic rings. The minimum Gasteiger partial charge on any atom is -0.362 e. The molecule has 2 aromatic carbocycles. The third kappa shape index (κ3) is 4.43. The van der Waals surface area contributed by atoms with Crippen molar-refractivity contribution in [2.45, 2.75) is 0 Å². The Morgan fingerprint density at radius 2 is 1.73 bits per heavy atom. The van der Waals surface area contributed by atoms with E-state index in [9.17, 15) is 28.5 Å². The molecule has 1 fully saturated rings. The van der Waals surface area contributed by atoms with Crippen LogP contribution in [-0.4, -0.2) is 53.1 Å². The number of nitrogens with zero attached hydrogens (tertiary/aromatic N) is 3. The largest absolute Gasteiger partial charge is 0.362 e. The molecule has 30 heavy (non-hydrogen) atoms. The minimum absolute atomic E-state index is 0.0718. The third-order valence-electron chi connectivity index (χ3n) is 4.61. The molecule has 1 heterocycles. The van der Waals surface area contributed by atoms with Crippen LogP contribution >= 0.6 is 0 Å². The van der Waals surface area contributed by atoms with Gasteiger partial charge in [-0.2, -0.15) is 0 Å². The van der Waals surface area contributed by atoms with Crippen molar-refractivity contribution in [3.8, 4) is 0 Å². The monoisotopic (exact) mass is 421 g/mol. The Labute approximate surface area is 168 Å². The molecule has 158 valence electrons. The van der Waals surface area contributed by atoms with Crippen molar-refractivity contribution in [2.24, 2.45) is 0 Å². The van der Waals surface area contributed by atoms with E-state index in [-0.39, 0.29) is 48.8 Å². The van der Waals surface area contributed by atoms with E-state index in [0.717, 1.165) is 18.2 Å². The Balaban J connectivity index is 1.67. The SMILES string of the molecule is O=C(NO)c1ccc(N2CCN(C(=O)Nc3ccc(F)c(F)c3)CC2)c([N+](=O)[O-])c1. The number of carbonyl (C=O) groups excluding carboxylic acids is 2. The van der Waals surface area contributed by atoms with Crippen molar-refractivity contribution in [3.05, 3.63) is 63.7 Å². The summed E-state index contributed by atoms with van der Waals surface area (Å²) in [7, 11) is 0. The Morgan fingerprint density at radius 3 is 2.33 bits per heavy atom. The highest BCUT2D eigenvalue weighted by Gasteiger charge is 2.27. The topological polar surface area (TPSA) is 128 Å². The number of piperazine rings is 1. The van der Waals surface area contributed by atoms with E-state index in [1.54, 1.807) is 4.90 Å². The molecule has 0 spiro atoms. The second-order valence-corrected chi connectivity index (χ2v) is 6.43. The summed E-state index contributed by atoms with van der Waals surface area (Å²) in [6.07, 6.45) is 0. The molecule has 0 saturated carbocycles. The zero-order chi connectivity index (χ0) is 21.8. The predicted octanol–water partition coefficient (Wildman–Crippen LogP) is 2.35. The lowest BCUT2D eigenvalue weighted by atomic mass is 10.1. The first-order valence-corrected chi connectivity index (χ1v) is 8.79. The molecule has 0 atom stereocenters. The second-order valence-electron chi connectivity index (χ2n) is 6.43. The Hall–Kier alpha value is -3.80. The quantitative estimate of drug-likeness (QED) is 0.395. The van der Waals surface area contributed by atoms with Crippen molar-refractivity contribution in [1.82, 2.24) is 10.4 Å². The number of nitrogens with one attached hydrogen (secondary N) is 2. The number of hydroxylamine groups is 1. The standard InChI is InChI=1S/C18H17F2N5O5/c19-13-3-2-12(10-14(13)20)21-18(27)24-7-5-23(6-8-24)15-4-1-11(17(26)22-28)9-16(15)25(29)30/h1-4,9-10,28H,5-8H2,(H,21,27)(H,22,26). The first kappa shape index (κ1) is 20.9. The maximum Gasteiger partial charge on any atom is 0.321 e. The van der Waals surface area contributed by atoms with Gasteiger partial charge in [0, 0.05) is 49.6 Å². The summed E-state index contributed by atoms with van der Waals surface area (Å²) in [5.74, 6) is -2.97. The van der Waals surface area contributed by atoms with Crippen LogP contribution < -0.4 is 15.7 Å². The van der Waals surface area contributed by atoms with Crippen molar-refractivity contribution in [3.63, 3.8) is 0 Å². The number of amides is 3. The number of rotatable bonds is 4. The molecule has 1 saturated heterocycles. The first-order valence-electron chi connectivity index (χ1n) is 8.79. The van der Waals surface area contributed by atoms with Crippen molar-refractivity contribution >= 4 is 29.0 Å². The van der Waals surface area contributed by atoms with Crippen LogP contribution in [0.1, 0.15) is 10.4 Å². The zero-order valence-electron chi connectivity index (χ0n) is 15.5. The van der Waals surface area contributed by atoms with Gasteiger partial charge in [0.1, 0.15) is 5.69 Å². The summed E-state index contributed by atoms with van der Waals surface area (Å²) in [6.45, 7) is 1.01. The summed E-state index contributed by atoms with van der Waals surface area (Å²) in [5.41, 5.74) is 1.42. The third-order valence-corrected chi connectivity index (χ3v) is 4.61. The molecule has 0 aliphatic carbocycles. The van der Waals surface area contributed by atoms with Gasteiger partial charge in [0.25, 0.3) is 11.6 Å². The van der Waals surface area contributed by atoms with Crippen LogP contribution in [0.2, 0.25) is 0 Å². The number of anilines is 2. The van der Waals surface area contributed by atoms with Crippen LogP contribution in [0.25, 0.3) is 0 Å². The summed E-state index contributed by atoms with van der Waals surface area (Å²) >= 11 is 0. The highest BCUT2D eigenvalue weighted by atomic mass is 19.2. The Kier molecular flexibility index (Phi) is 6.06. The maximum atomic E-state index is 13.3. The van der Waals surface area contributed by atoms with Crippen molar-refractivity contribution < 1.29 is 28.5 Å². The van der Waals surface area contributed by atoms with E-state index in [4.69, 9.17) is 5.21 Å². The fourth-order valence-electron chi connectivity index (χ4n) is 3.07. The number of nitro groups is 1. The molecule has 12 heteroatoms. The van der Waals surface area contributed by atoms with Crippen LogP contribution in [0.3, 0.4) is 0 Å². The highest BCUT2D eigenvalue weighted by Crippen LogP contribution is 2.30. The summed E-state index contributed by atoms with van der Waals surface area (Å²) in [5, 5.41) is 22.6. The van der Waals surface area contributed by atoms with Crippen LogP contribution in [0.4, 0.5) is 30.6 Å². The number of urea groups is 1. The molecule has 1 aliphatic heterocycles. The fourth-order valence-corrected chi connectivity index (χ4v) is 3.07. The van der Waals surface area contributed by atoms with Gasteiger partial charge in [-0.1, -0.05) is 0 Å². The molecule has 3 amide bonds. The van der Waals surface area contributed by atoms with E-state index in [1.807, 2.05) is 0 Å². The number of halogens is 2. The fraction of sp³-hybridized carbons (Fsp3) is 0.222. The first-order chi connectivity index (χ1) is 14.3. The van der Waals surface area contributed by atoms with Crippen LogP contribution in [0.5, 0.6) is 0 Å². The van der Waals surface area contributed by atoms with Gasteiger partial charge < -0.3 is 15.1 Å². The van der Waals surface area contributed by atoms with Crippen molar-refractivity contribution in [1.29, 1.82) is 0 Å². The van der Waals surface area contributed by atoms with Crippen LogP contribution in [-0.2, 0) is 0 Å². The second kappa shape index (κ2) is 8.69. The van der Waals surface area contributed by atoms with Gasteiger partial charge in [-0.15, -0.1) is 0 Å². The van der Waals surface area contributed by atoms with Gasteiger partial charge in [-0.25, -0.2) is 19.1 Å². The van der Waals surface area contributed by atoms with E-state index in [1.165, 1.54) is 28.6 Å². The molecule has 0 aromatic heterocycles. The number of nitro benzene ring substituents is 1. The molecule has 10 nitrogen and oxygen atoms in total. The van der Waals surface area contributed by atoms with Gasteiger partial charge in [0.2, 0.25) is 0 Å². The van der Waals surface area contributed by atoms with E-state index >= 15 is 0 Å². The molecule has 0 radical (unpaired) electrons. The zero-order valence-corrected chi connectivity index (χ0v) is 15.5. The van der Waals surface area contributed by atoms with Gasteiger partial charge in [0.05, 0.1) is 4.92 Å². The van der Waals surface area contributed by atoms with E-state index in [2.05, 4.69) is 5.32 Å².